The maximum absolute atomic E-state index is 13.5. The molecule has 0 amide bonds. The molecule has 1 aliphatic heterocycles. The van der Waals surface area contributed by atoms with Gasteiger partial charge in [0.05, 0.1) is 0 Å². The molecule has 3 aromatic carbocycles. The summed E-state index contributed by atoms with van der Waals surface area (Å²) in [7, 11) is 0. The standard InChI is InChI=1S/C28H31NO4/c1-4-29(24-11-7-9-21-8-5-6-10-23(21)24)26-25(31)18-28(19(2)3,33-27(26)32)17-16-20-12-14-22(30)15-13-20/h5-15,19,26,30H,4,16-18H2,1-3H3. The molecule has 0 aliphatic carbocycles. The molecule has 5 nitrogen and oxygen atoms in total. The van der Waals surface area contributed by atoms with Crippen LogP contribution in [0.4, 0.5) is 5.69 Å². The molecule has 2 unspecified atom stereocenters. The van der Waals surface area contributed by atoms with Crippen LogP contribution in [0.2, 0.25) is 0 Å². The monoisotopic (exact) mass is 445 g/mol. The van der Waals surface area contributed by atoms with Gasteiger partial charge >= 0.3 is 5.97 Å². The number of ether oxygens (including phenoxy) is 1. The van der Waals surface area contributed by atoms with E-state index in [4.69, 9.17) is 4.74 Å². The number of esters is 1. The molecule has 0 saturated carbocycles. The highest BCUT2D eigenvalue weighted by Gasteiger charge is 2.50. The molecule has 5 heteroatoms. The van der Waals surface area contributed by atoms with Crippen molar-refractivity contribution >= 4 is 28.2 Å². The Labute approximate surface area is 195 Å². The molecule has 0 bridgehead atoms. The predicted octanol–water partition coefficient (Wildman–Crippen LogP) is 5.28. The molecule has 2 atom stereocenters. The van der Waals surface area contributed by atoms with Crippen LogP contribution in [0.15, 0.2) is 66.7 Å². The smallest absolute Gasteiger partial charge is 0.337 e. The number of benzene rings is 3. The fourth-order valence-corrected chi connectivity index (χ4v) is 4.84. The Morgan fingerprint density at radius 1 is 1.03 bits per heavy atom. The lowest BCUT2D eigenvalue weighted by atomic mass is 9.77. The summed E-state index contributed by atoms with van der Waals surface area (Å²) in [5.41, 5.74) is 1.07. The minimum absolute atomic E-state index is 0.00361. The van der Waals surface area contributed by atoms with Crippen molar-refractivity contribution in [2.75, 3.05) is 11.4 Å². The maximum Gasteiger partial charge on any atom is 0.337 e. The van der Waals surface area contributed by atoms with E-state index in [1.54, 1.807) is 12.1 Å². The number of Topliss-reactive ketones (excluding diaryl/α,β-unsaturated/α-hetero) is 1. The van der Waals surface area contributed by atoms with Crippen LogP contribution in [0, 0.1) is 5.92 Å². The molecule has 1 saturated heterocycles. The van der Waals surface area contributed by atoms with E-state index in [0.717, 1.165) is 22.0 Å². The van der Waals surface area contributed by atoms with Crippen molar-refractivity contribution < 1.29 is 19.4 Å². The zero-order valence-electron chi connectivity index (χ0n) is 19.5. The van der Waals surface area contributed by atoms with E-state index in [1.807, 2.05) is 80.3 Å². The first kappa shape index (κ1) is 22.8. The van der Waals surface area contributed by atoms with Crippen LogP contribution in [0.25, 0.3) is 10.8 Å². The number of phenols is 1. The number of aryl methyl sites for hydroxylation is 1. The molecule has 1 fully saturated rings. The van der Waals surface area contributed by atoms with Gasteiger partial charge in [-0.2, -0.15) is 0 Å². The second kappa shape index (κ2) is 9.26. The first-order chi connectivity index (χ1) is 15.8. The molecule has 1 heterocycles. The Morgan fingerprint density at radius 2 is 1.73 bits per heavy atom. The molecule has 33 heavy (non-hydrogen) atoms. The molecule has 4 rings (SSSR count). The summed E-state index contributed by atoms with van der Waals surface area (Å²) in [5.74, 6) is -0.357. The van der Waals surface area contributed by atoms with Crippen molar-refractivity contribution in [1.29, 1.82) is 0 Å². The van der Waals surface area contributed by atoms with Gasteiger partial charge in [0.2, 0.25) is 0 Å². The largest absolute Gasteiger partial charge is 0.508 e. The van der Waals surface area contributed by atoms with Gasteiger partial charge in [-0.25, -0.2) is 4.79 Å². The number of cyclic esters (lactones) is 1. The van der Waals surface area contributed by atoms with E-state index < -0.39 is 17.6 Å². The number of aromatic hydroxyl groups is 1. The molecule has 0 radical (unpaired) electrons. The molecule has 1 N–H and O–H groups in total. The highest BCUT2D eigenvalue weighted by atomic mass is 16.6. The lowest BCUT2D eigenvalue weighted by Crippen LogP contribution is -2.59. The lowest BCUT2D eigenvalue weighted by Gasteiger charge is -2.44. The van der Waals surface area contributed by atoms with Gasteiger partial charge in [0.15, 0.2) is 11.8 Å². The summed E-state index contributed by atoms with van der Waals surface area (Å²) in [5, 5.41) is 11.6. The van der Waals surface area contributed by atoms with E-state index in [2.05, 4.69) is 0 Å². The average Bonchev–Trinajstić information content (AvgIpc) is 2.80. The minimum Gasteiger partial charge on any atom is -0.508 e. The van der Waals surface area contributed by atoms with E-state index in [-0.39, 0.29) is 23.9 Å². The first-order valence-corrected chi connectivity index (χ1v) is 11.6. The number of phenolic OH excluding ortho intramolecular Hbond substituents is 1. The SMILES string of the molecule is CCN(c1cccc2ccccc12)C1C(=O)CC(CCc2ccc(O)cc2)(C(C)C)OC1=O. The van der Waals surface area contributed by atoms with Crippen molar-refractivity contribution in [1.82, 2.24) is 0 Å². The maximum atomic E-state index is 13.5. The van der Waals surface area contributed by atoms with Crippen LogP contribution in [-0.2, 0) is 20.7 Å². The molecular formula is C28H31NO4. The number of anilines is 1. The number of carbonyl (C=O) groups is 2. The quantitative estimate of drug-likeness (QED) is 0.396. The summed E-state index contributed by atoms with van der Waals surface area (Å²) >= 11 is 0. The zero-order chi connectivity index (χ0) is 23.6. The van der Waals surface area contributed by atoms with Gasteiger partial charge in [0, 0.05) is 24.0 Å². The summed E-state index contributed by atoms with van der Waals surface area (Å²) < 4.78 is 6.13. The summed E-state index contributed by atoms with van der Waals surface area (Å²) in [6.07, 6.45) is 1.41. The van der Waals surface area contributed by atoms with Gasteiger partial charge in [-0.15, -0.1) is 0 Å². The Kier molecular flexibility index (Phi) is 6.41. The summed E-state index contributed by atoms with van der Waals surface area (Å²) in [6.45, 7) is 6.47. The van der Waals surface area contributed by atoms with Gasteiger partial charge in [-0.05, 0) is 54.8 Å². The van der Waals surface area contributed by atoms with E-state index >= 15 is 0 Å². The highest BCUT2D eigenvalue weighted by molar-refractivity contribution is 6.10. The Hall–Kier alpha value is -3.34. The van der Waals surface area contributed by atoms with Crippen molar-refractivity contribution in [3.63, 3.8) is 0 Å². The van der Waals surface area contributed by atoms with Gasteiger partial charge in [-0.3, -0.25) is 4.79 Å². The summed E-state index contributed by atoms with van der Waals surface area (Å²) in [6, 6.07) is 20.0. The number of rotatable bonds is 7. The number of likely N-dealkylation sites (N-methyl/N-ethyl adjacent to an activating group) is 1. The third-order valence-electron chi connectivity index (χ3n) is 6.86. The molecule has 0 spiro atoms. The highest BCUT2D eigenvalue weighted by Crippen LogP contribution is 2.38. The van der Waals surface area contributed by atoms with Crippen LogP contribution in [0.3, 0.4) is 0 Å². The second-order valence-corrected chi connectivity index (χ2v) is 9.14. The van der Waals surface area contributed by atoms with Gasteiger partial charge < -0.3 is 14.7 Å². The number of carbonyl (C=O) groups excluding carboxylic acids is 2. The van der Waals surface area contributed by atoms with Crippen molar-refractivity contribution in [3.05, 3.63) is 72.3 Å². The van der Waals surface area contributed by atoms with Crippen LogP contribution in [0.5, 0.6) is 5.75 Å². The van der Waals surface area contributed by atoms with Gasteiger partial charge in [0.1, 0.15) is 11.4 Å². The Balaban J connectivity index is 1.60. The second-order valence-electron chi connectivity index (χ2n) is 9.14. The average molecular weight is 446 g/mol. The zero-order valence-corrected chi connectivity index (χ0v) is 19.5. The lowest BCUT2D eigenvalue weighted by molar-refractivity contribution is -0.179. The van der Waals surface area contributed by atoms with E-state index in [9.17, 15) is 14.7 Å². The fourth-order valence-electron chi connectivity index (χ4n) is 4.84. The van der Waals surface area contributed by atoms with Crippen molar-refractivity contribution in [2.24, 2.45) is 5.92 Å². The molecule has 0 aromatic heterocycles. The first-order valence-electron chi connectivity index (χ1n) is 11.6. The molecule has 172 valence electrons. The number of hydrogen-bond acceptors (Lipinski definition) is 5. The number of hydrogen-bond donors (Lipinski definition) is 1. The van der Waals surface area contributed by atoms with Crippen LogP contribution >= 0.6 is 0 Å². The number of fused-ring (bicyclic) bond motifs is 1. The fraction of sp³-hybridized carbons (Fsp3) is 0.357. The molecule has 3 aromatic rings. The van der Waals surface area contributed by atoms with Gasteiger partial charge in [0.25, 0.3) is 0 Å². The topological polar surface area (TPSA) is 66.8 Å². The molecule has 1 aliphatic rings. The van der Waals surface area contributed by atoms with Crippen LogP contribution < -0.4 is 4.90 Å². The number of ketones is 1. The Bertz CT molecular complexity index is 1130. The third-order valence-corrected chi connectivity index (χ3v) is 6.86. The van der Waals surface area contributed by atoms with Crippen molar-refractivity contribution in [3.8, 4) is 5.75 Å². The van der Waals surface area contributed by atoms with Gasteiger partial charge in [-0.1, -0.05) is 62.4 Å². The number of nitrogens with zero attached hydrogens (tertiary/aromatic N) is 1. The molecular weight excluding hydrogens is 414 g/mol. The van der Waals surface area contributed by atoms with Crippen molar-refractivity contribution in [2.45, 2.75) is 51.7 Å². The van der Waals surface area contributed by atoms with Crippen LogP contribution in [0.1, 0.15) is 39.2 Å². The summed E-state index contributed by atoms with van der Waals surface area (Å²) in [4.78, 5) is 28.8. The predicted molar refractivity (Wildman–Crippen MR) is 130 cm³/mol. The van der Waals surface area contributed by atoms with E-state index in [0.29, 0.717) is 19.4 Å². The normalized spacial score (nSPS) is 20.8. The minimum atomic E-state index is -0.943. The van der Waals surface area contributed by atoms with E-state index in [1.165, 1.54) is 0 Å². The third kappa shape index (κ3) is 4.45. The van der Waals surface area contributed by atoms with Crippen LogP contribution in [-0.4, -0.2) is 35.0 Å². The Morgan fingerprint density at radius 3 is 2.39 bits per heavy atom.